The van der Waals surface area contributed by atoms with Crippen LogP contribution in [0.1, 0.15) is 6.23 Å². The van der Waals surface area contributed by atoms with Crippen molar-refractivity contribution in [2.45, 2.75) is 55.2 Å². The molecule has 0 aliphatic carbocycles. The van der Waals surface area contributed by atoms with Gasteiger partial charge in [0.1, 0.15) is 54.6 Å². The first-order valence-corrected chi connectivity index (χ1v) is 13.8. The van der Waals surface area contributed by atoms with Gasteiger partial charge in [0.15, 0.2) is 24.0 Å². The zero-order valence-corrected chi connectivity index (χ0v) is 21.2. The number of hydrogen-bond acceptors (Lipinski definition) is 17. The molecule has 2 aliphatic rings. The van der Waals surface area contributed by atoms with Crippen molar-refractivity contribution in [2.24, 2.45) is 0 Å². The Morgan fingerprint density at radius 2 is 1.54 bits per heavy atom. The summed E-state index contributed by atoms with van der Waals surface area (Å²) in [6, 6.07) is 0. The van der Waals surface area contributed by atoms with Gasteiger partial charge in [0.05, 0.1) is 19.5 Å². The number of hydrogen-bond donors (Lipinski definition) is 11. The summed E-state index contributed by atoms with van der Waals surface area (Å²) in [5.41, 5.74) is 6.11. The highest BCUT2D eigenvalue weighted by Gasteiger charge is 2.46. The van der Waals surface area contributed by atoms with Gasteiger partial charge in [0.2, 0.25) is 0 Å². The van der Waals surface area contributed by atoms with E-state index in [2.05, 4.69) is 28.5 Å². The molecular formula is C16H27N5O16P2. The molecule has 1 unspecified atom stereocenters. The van der Waals surface area contributed by atoms with Crippen molar-refractivity contribution in [2.75, 3.05) is 18.9 Å². The van der Waals surface area contributed by atoms with E-state index in [0.717, 1.165) is 6.33 Å². The lowest BCUT2D eigenvalue weighted by atomic mass is 10.00. The predicted molar refractivity (Wildman–Crippen MR) is 121 cm³/mol. The van der Waals surface area contributed by atoms with Crippen molar-refractivity contribution in [1.82, 2.24) is 19.5 Å². The van der Waals surface area contributed by atoms with Crippen LogP contribution >= 0.6 is 15.6 Å². The summed E-state index contributed by atoms with van der Waals surface area (Å²) in [5, 5.41) is 64.9. The molecule has 2 aromatic rings. The highest BCUT2D eigenvalue weighted by atomic mass is 31.3. The van der Waals surface area contributed by atoms with Gasteiger partial charge in [-0.05, 0) is 0 Å². The fourth-order valence-corrected chi connectivity index (χ4v) is 5.16. The molecule has 4 rings (SSSR count). The van der Waals surface area contributed by atoms with E-state index >= 15 is 0 Å². The number of aromatic nitrogens is 4. The lowest BCUT2D eigenvalue weighted by Gasteiger charge is -2.37. The Bertz CT molecular complexity index is 1210. The number of fused-ring (bicyclic) bond motifs is 1. The summed E-state index contributed by atoms with van der Waals surface area (Å²) in [6.45, 7) is -1.34. The van der Waals surface area contributed by atoms with Crippen molar-refractivity contribution in [3.63, 3.8) is 0 Å². The minimum absolute atomic E-state index is 0.0856. The molecular weight excluding hydrogens is 580 g/mol. The van der Waals surface area contributed by atoms with E-state index in [0.29, 0.717) is 0 Å². The predicted octanol–water partition coefficient (Wildman–Crippen LogP) is -4.97. The molecule has 0 spiro atoms. The van der Waals surface area contributed by atoms with E-state index < -0.39 is 84.1 Å². The Hall–Kier alpha value is -1.75. The normalized spacial score (nSPS) is 34.9. The van der Waals surface area contributed by atoms with Crippen LogP contribution in [-0.2, 0) is 27.4 Å². The second kappa shape index (κ2) is 12.4. The molecule has 10 atom stereocenters. The number of imidazole rings is 1. The number of ether oxygens (including phenoxy) is 2. The lowest BCUT2D eigenvalue weighted by molar-refractivity contribution is -0.286. The van der Waals surface area contributed by atoms with Crippen molar-refractivity contribution in [1.29, 1.82) is 0 Å². The highest BCUT2D eigenvalue weighted by Crippen LogP contribution is 2.57. The summed E-state index contributed by atoms with van der Waals surface area (Å²) in [4.78, 5) is 38.1. The van der Waals surface area contributed by atoms with Crippen LogP contribution in [-0.4, -0.2) is 132 Å². The van der Waals surface area contributed by atoms with Gasteiger partial charge in [-0.1, -0.05) is 0 Å². The molecule has 0 saturated carbocycles. The van der Waals surface area contributed by atoms with Crippen molar-refractivity contribution < 1.29 is 77.9 Å². The molecule has 0 radical (unpaired) electrons. The number of aliphatic hydroxyl groups is 7. The van der Waals surface area contributed by atoms with Gasteiger partial charge in [-0.2, -0.15) is 4.31 Å². The van der Waals surface area contributed by atoms with Crippen LogP contribution < -0.4 is 5.73 Å². The third-order valence-electron chi connectivity index (χ3n) is 5.48. The third kappa shape index (κ3) is 7.51. The molecule has 0 amide bonds. The van der Waals surface area contributed by atoms with Gasteiger partial charge in [-0.3, -0.25) is 9.09 Å². The van der Waals surface area contributed by atoms with Crippen molar-refractivity contribution in [3.05, 3.63) is 12.7 Å². The van der Waals surface area contributed by atoms with Crippen LogP contribution in [0.5, 0.6) is 0 Å². The van der Waals surface area contributed by atoms with Crippen LogP contribution in [0.4, 0.5) is 5.82 Å². The molecule has 39 heavy (non-hydrogen) atoms. The highest BCUT2D eigenvalue weighted by molar-refractivity contribution is 7.60. The topological polar surface area (TPSA) is 343 Å². The molecule has 23 heteroatoms. The average Bonchev–Trinajstić information content (AvgIpc) is 3.39. The largest absolute Gasteiger partial charge is 0.481 e. The Kier molecular flexibility index (Phi) is 10.1. The zero-order chi connectivity index (χ0) is 29.3. The Labute approximate surface area is 217 Å². The summed E-state index contributed by atoms with van der Waals surface area (Å²) in [7, 11) is -10.4. The van der Waals surface area contributed by atoms with E-state index in [1.165, 1.54) is 10.9 Å². The maximum Gasteiger partial charge on any atom is 0.481 e. The number of nitrogen functional groups attached to an aromatic ring is 1. The SMILES string of the molecule is Nc1ncnc2c1ncn2[C@@H]1O[C@H](COP(=O)(O)OP(=O)(O)O)[C@@H](O)[C@H]1O.OC[C@H]1O[C@H](O)[C@H](O)[C@@H](O)[C@@H]1O. The van der Waals surface area contributed by atoms with Gasteiger partial charge in [-0.15, -0.1) is 0 Å². The molecule has 21 nitrogen and oxygen atoms in total. The van der Waals surface area contributed by atoms with Crippen molar-refractivity contribution >= 4 is 32.6 Å². The number of phosphoric ester groups is 1. The molecule has 2 saturated heterocycles. The first-order chi connectivity index (χ1) is 18.1. The fraction of sp³-hybridized carbons (Fsp3) is 0.688. The van der Waals surface area contributed by atoms with Gasteiger partial charge < -0.3 is 65.6 Å². The van der Waals surface area contributed by atoms with Crippen LogP contribution in [0.25, 0.3) is 11.2 Å². The minimum Gasteiger partial charge on any atom is -0.394 e. The first kappa shape index (κ1) is 31.8. The number of phosphoric acid groups is 2. The van der Waals surface area contributed by atoms with E-state index in [1.807, 2.05) is 0 Å². The number of nitrogens with zero attached hydrogens (tertiary/aromatic N) is 4. The second-order valence-electron chi connectivity index (χ2n) is 8.19. The van der Waals surface area contributed by atoms with E-state index in [9.17, 15) is 24.2 Å². The molecule has 2 aliphatic heterocycles. The van der Waals surface area contributed by atoms with E-state index in [1.54, 1.807) is 0 Å². The summed E-state index contributed by atoms with van der Waals surface area (Å²) in [6.07, 6.45) is -10.2. The first-order valence-electron chi connectivity index (χ1n) is 10.7. The van der Waals surface area contributed by atoms with E-state index in [4.69, 9.17) is 45.8 Å². The smallest absolute Gasteiger partial charge is 0.394 e. The zero-order valence-electron chi connectivity index (χ0n) is 19.4. The molecule has 4 heterocycles. The summed E-state index contributed by atoms with van der Waals surface area (Å²) < 4.78 is 41.4. The standard InChI is InChI=1S/C10H15N5O10P2.C6H12O6/c11-8-5-9(13-2-12-8)15(3-14-5)10-7(17)6(16)4(24-10)1-23-27(21,22)25-26(18,19)20;7-1-2-3(8)4(9)5(10)6(11)12-2/h2-4,6-7,10,16-17H,1H2,(H,21,22)(H2,11,12,13)(H2,18,19,20);2-11H,1H2/t4-,6-,7-,10-;2-,3-,4+,5-,6+/m11/s1. The molecule has 12 N–H and O–H groups in total. The number of nitrogens with two attached hydrogens (primary N) is 1. The van der Waals surface area contributed by atoms with Gasteiger partial charge >= 0.3 is 15.6 Å². The van der Waals surface area contributed by atoms with Crippen LogP contribution in [0.2, 0.25) is 0 Å². The third-order valence-corrected chi connectivity index (χ3v) is 7.63. The molecule has 2 fully saturated rings. The summed E-state index contributed by atoms with van der Waals surface area (Å²) >= 11 is 0. The van der Waals surface area contributed by atoms with Crippen LogP contribution in [0.3, 0.4) is 0 Å². The van der Waals surface area contributed by atoms with Gasteiger partial charge in [-0.25, -0.2) is 24.1 Å². The fourth-order valence-electron chi connectivity index (χ4n) is 3.56. The lowest BCUT2D eigenvalue weighted by Crippen LogP contribution is -2.58. The molecule has 0 bridgehead atoms. The number of aliphatic hydroxyl groups excluding tert-OH is 7. The van der Waals surface area contributed by atoms with Crippen molar-refractivity contribution in [3.8, 4) is 0 Å². The molecule has 222 valence electrons. The minimum atomic E-state index is -5.29. The quantitative estimate of drug-likeness (QED) is 0.131. The Morgan fingerprint density at radius 1 is 0.897 bits per heavy atom. The van der Waals surface area contributed by atoms with E-state index in [-0.39, 0.29) is 17.0 Å². The Balaban J connectivity index is 0.000000293. The average molecular weight is 607 g/mol. The van der Waals surface area contributed by atoms with Gasteiger partial charge in [0, 0.05) is 0 Å². The Morgan fingerprint density at radius 3 is 2.15 bits per heavy atom. The number of anilines is 1. The molecule has 0 aromatic carbocycles. The maximum atomic E-state index is 11.5. The summed E-state index contributed by atoms with van der Waals surface area (Å²) in [5.74, 6) is 0.0856. The van der Waals surface area contributed by atoms with Crippen LogP contribution in [0, 0.1) is 0 Å². The second-order valence-corrected chi connectivity index (χ2v) is 11.0. The van der Waals surface area contributed by atoms with Crippen LogP contribution in [0.15, 0.2) is 12.7 Å². The number of rotatable bonds is 7. The maximum absolute atomic E-state index is 11.5. The monoisotopic (exact) mass is 607 g/mol. The molecule has 2 aromatic heterocycles. The van der Waals surface area contributed by atoms with Gasteiger partial charge in [0.25, 0.3) is 0 Å².